The summed E-state index contributed by atoms with van der Waals surface area (Å²) in [5, 5.41) is 3.61. The lowest BCUT2D eigenvalue weighted by Gasteiger charge is -2.29. The van der Waals surface area contributed by atoms with Gasteiger partial charge in [-0.1, -0.05) is 19.3 Å². The van der Waals surface area contributed by atoms with Gasteiger partial charge in [0.1, 0.15) is 10.5 Å². The van der Waals surface area contributed by atoms with Crippen LogP contribution >= 0.6 is 0 Å². The predicted octanol–water partition coefficient (Wildman–Crippen LogP) is 0.984. The molecule has 1 N–H and O–H groups in total. The first-order chi connectivity index (χ1) is 6.14. The van der Waals surface area contributed by atoms with Crippen LogP contribution in [0.25, 0.3) is 0 Å². The fourth-order valence-electron chi connectivity index (χ4n) is 1.77. The molecule has 1 saturated carbocycles. The lowest BCUT2D eigenvalue weighted by molar-refractivity contribution is 0.114. The maximum absolute atomic E-state index is 5.51. The van der Waals surface area contributed by atoms with Crippen LogP contribution in [0.15, 0.2) is 0 Å². The molecule has 0 radical (unpaired) electrons. The van der Waals surface area contributed by atoms with E-state index in [0.29, 0.717) is 0 Å². The summed E-state index contributed by atoms with van der Waals surface area (Å²) in [5.41, 5.74) is 0.0453. The van der Waals surface area contributed by atoms with E-state index in [2.05, 4.69) is 19.2 Å². The van der Waals surface area contributed by atoms with Crippen molar-refractivity contribution in [2.24, 2.45) is 0 Å². The summed E-state index contributed by atoms with van der Waals surface area (Å²) in [6.45, 7) is 5.33. The molecule has 1 fully saturated rings. The third kappa shape index (κ3) is 4.25. The van der Waals surface area contributed by atoms with E-state index in [-0.39, 0.29) is 5.60 Å². The lowest BCUT2D eigenvalue weighted by atomic mass is 9.95. The average molecular weight is 201 g/mol. The summed E-state index contributed by atoms with van der Waals surface area (Å²) in [4.78, 5) is 0. The van der Waals surface area contributed by atoms with Gasteiger partial charge >= 0.3 is 0 Å². The Balaban J connectivity index is 2.17. The zero-order chi connectivity index (χ0) is 9.73. The standard InChI is InChI=1S/C10H23NOSi/c1-10(2,12-13)8-11-9-6-4-3-5-7-9/h9,11H,3-8H2,1-2,13H3. The van der Waals surface area contributed by atoms with E-state index in [4.69, 9.17) is 4.43 Å². The van der Waals surface area contributed by atoms with Gasteiger partial charge < -0.3 is 9.74 Å². The molecule has 0 aromatic carbocycles. The van der Waals surface area contributed by atoms with E-state index in [1.165, 1.54) is 32.1 Å². The van der Waals surface area contributed by atoms with Gasteiger partial charge in [0.25, 0.3) is 0 Å². The van der Waals surface area contributed by atoms with Gasteiger partial charge in [-0.15, -0.1) is 0 Å². The average Bonchev–Trinajstić information content (AvgIpc) is 2.17. The molecule has 1 aliphatic carbocycles. The molecule has 0 atom stereocenters. The van der Waals surface area contributed by atoms with Crippen molar-refractivity contribution in [3.63, 3.8) is 0 Å². The molecule has 78 valence electrons. The van der Waals surface area contributed by atoms with Gasteiger partial charge in [0, 0.05) is 12.6 Å². The fourth-order valence-corrected chi connectivity index (χ4v) is 1.91. The van der Waals surface area contributed by atoms with Crippen LogP contribution in [0.1, 0.15) is 46.0 Å². The quantitative estimate of drug-likeness (QED) is 0.685. The van der Waals surface area contributed by atoms with Crippen molar-refractivity contribution in [3.8, 4) is 0 Å². The van der Waals surface area contributed by atoms with Gasteiger partial charge in [-0.2, -0.15) is 0 Å². The van der Waals surface area contributed by atoms with Crippen molar-refractivity contribution in [2.45, 2.75) is 57.6 Å². The van der Waals surface area contributed by atoms with E-state index >= 15 is 0 Å². The highest BCUT2D eigenvalue weighted by atomic mass is 28.2. The normalized spacial score (nSPS) is 20.8. The highest BCUT2D eigenvalue weighted by Gasteiger charge is 2.19. The molecule has 0 unspecified atom stereocenters. The summed E-state index contributed by atoms with van der Waals surface area (Å²) in [6.07, 6.45) is 6.95. The largest absolute Gasteiger partial charge is 0.422 e. The molecule has 0 heterocycles. The Morgan fingerprint density at radius 2 is 1.92 bits per heavy atom. The molecule has 1 aliphatic rings. The van der Waals surface area contributed by atoms with Crippen molar-refractivity contribution >= 4 is 10.5 Å². The second-order valence-electron chi connectivity index (χ2n) is 4.68. The molecular weight excluding hydrogens is 178 g/mol. The lowest BCUT2D eigenvalue weighted by Crippen LogP contribution is -2.42. The minimum atomic E-state index is 0.0453. The first-order valence-corrected chi connectivity index (χ1v) is 6.24. The Morgan fingerprint density at radius 1 is 1.31 bits per heavy atom. The molecule has 0 amide bonds. The maximum atomic E-state index is 5.51. The molecule has 13 heavy (non-hydrogen) atoms. The number of rotatable bonds is 4. The Kier molecular flexibility index (Phi) is 4.42. The van der Waals surface area contributed by atoms with Crippen molar-refractivity contribution in [1.82, 2.24) is 5.32 Å². The van der Waals surface area contributed by atoms with Gasteiger partial charge in [-0.3, -0.25) is 0 Å². The van der Waals surface area contributed by atoms with Crippen molar-refractivity contribution in [3.05, 3.63) is 0 Å². The topological polar surface area (TPSA) is 21.3 Å². The van der Waals surface area contributed by atoms with Crippen LogP contribution in [0.5, 0.6) is 0 Å². The SMILES string of the molecule is CC(C)(CNC1CCCCC1)O[SiH3]. The zero-order valence-corrected chi connectivity index (χ0v) is 11.2. The summed E-state index contributed by atoms with van der Waals surface area (Å²) in [6, 6.07) is 0.754. The Bertz CT molecular complexity index is 144. The first kappa shape index (κ1) is 11.2. The van der Waals surface area contributed by atoms with Crippen molar-refractivity contribution in [1.29, 1.82) is 0 Å². The molecule has 0 bridgehead atoms. The Labute approximate surface area is 85.0 Å². The summed E-state index contributed by atoms with van der Waals surface area (Å²) >= 11 is 0. The van der Waals surface area contributed by atoms with Crippen LogP contribution in [0.2, 0.25) is 0 Å². The van der Waals surface area contributed by atoms with E-state index in [0.717, 1.165) is 23.1 Å². The van der Waals surface area contributed by atoms with E-state index < -0.39 is 0 Å². The van der Waals surface area contributed by atoms with Crippen LogP contribution in [-0.2, 0) is 4.43 Å². The summed E-state index contributed by atoms with van der Waals surface area (Å²) in [5.74, 6) is 0. The third-order valence-electron chi connectivity index (χ3n) is 2.97. The third-order valence-corrected chi connectivity index (χ3v) is 4.08. The highest BCUT2D eigenvalue weighted by Crippen LogP contribution is 2.18. The number of nitrogens with one attached hydrogen (secondary N) is 1. The molecule has 0 aromatic rings. The minimum absolute atomic E-state index is 0.0453. The van der Waals surface area contributed by atoms with Crippen molar-refractivity contribution in [2.75, 3.05) is 6.54 Å². The second-order valence-corrected chi connectivity index (χ2v) is 5.09. The molecule has 2 nitrogen and oxygen atoms in total. The van der Waals surface area contributed by atoms with Gasteiger partial charge in [0.05, 0.1) is 5.60 Å². The number of hydrogen-bond acceptors (Lipinski definition) is 2. The molecule has 0 spiro atoms. The smallest absolute Gasteiger partial charge is 0.146 e. The van der Waals surface area contributed by atoms with Crippen LogP contribution in [0.3, 0.4) is 0 Å². The summed E-state index contributed by atoms with van der Waals surface area (Å²) in [7, 11) is 0.835. The Hall–Kier alpha value is 0.137. The molecule has 0 aliphatic heterocycles. The van der Waals surface area contributed by atoms with Crippen LogP contribution in [0, 0.1) is 0 Å². The van der Waals surface area contributed by atoms with Crippen LogP contribution in [-0.4, -0.2) is 28.7 Å². The minimum Gasteiger partial charge on any atom is -0.422 e. The monoisotopic (exact) mass is 201 g/mol. The molecule has 0 saturated heterocycles. The van der Waals surface area contributed by atoms with Crippen LogP contribution < -0.4 is 5.32 Å². The van der Waals surface area contributed by atoms with E-state index in [1.807, 2.05) is 0 Å². The van der Waals surface area contributed by atoms with Gasteiger partial charge in [-0.05, 0) is 26.7 Å². The van der Waals surface area contributed by atoms with Crippen molar-refractivity contribution < 1.29 is 4.43 Å². The Morgan fingerprint density at radius 3 is 2.46 bits per heavy atom. The predicted molar refractivity (Wildman–Crippen MR) is 60.0 cm³/mol. The van der Waals surface area contributed by atoms with E-state index in [9.17, 15) is 0 Å². The molecule has 0 aromatic heterocycles. The second kappa shape index (κ2) is 5.13. The maximum Gasteiger partial charge on any atom is 0.146 e. The van der Waals surface area contributed by atoms with Gasteiger partial charge in [0.2, 0.25) is 0 Å². The fraction of sp³-hybridized carbons (Fsp3) is 1.00. The first-order valence-electron chi connectivity index (χ1n) is 5.42. The van der Waals surface area contributed by atoms with E-state index in [1.54, 1.807) is 0 Å². The zero-order valence-electron chi connectivity index (χ0n) is 9.23. The molecular formula is C10H23NOSi. The molecule has 1 rings (SSSR count). The van der Waals surface area contributed by atoms with Gasteiger partial charge in [-0.25, -0.2) is 0 Å². The van der Waals surface area contributed by atoms with Gasteiger partial charge in [0.15, 0.2) is 0 Å². The molecule has 3 heteroatoms. The highest BCUT2D eigenvalue weighted by molar-refractivity contribution is 5.98. The summed E-state index contributed by atoms with van der Waals surface area (Å²) < 4.78 is 5.51. The number of hydrogen-bond donors (Lipinski definition) is 1. The van der Waals surface area contributed by atoms with Crippen LogP contribution in [0.4, 0.5) is 0 Å².